The molecule has 1 aliphatic rings. The second-order valence-corrected chi connectivity index (χ2v) is 8.20. The second-order valence-electron chi connectivity index (χ2n) is 6.57. The number of anilines is 1. The summed E-state index contributed by atoms with van der Waals surface area (Å²) >= 11 is 7.31. The van der Waals surface area contributed by atoms with Crippen molar-refractivity contribution in [1.82, 2.24) is 5.32 Å². The number of benzene rings is 3. The van der Waals surface area contributed by atoms with Gasteiger partial charge in [0, 0.05) is 9.13 Å². The van der Waals surface area contributed by atoms with Crippen LogP contribution < -0.4 is 15.0 Å². The van der Waals surface area contributed by atoms with E-state index >= 15 is 0 Å². The predicted molar refractivity (Wildman–Crippen MR) is 130 cm³/mol. The van der Waals surface area contributed by atoms with Crippen molar-refractivity contribution in [3.63, 3.8) is 0 Å². The van der Waals surface area contributed by atoms with Crippen LogP contribution in [0.3, 0.4) is 0 Å². The molecule has 4 rings (SSSR count). The Hall–Kier alpha value is -3.24. The number of amides is 2. The van der Waals surface area contributed by atoms with Crippen LogP contribution in [0.4, 0.5) is 5.69 Å². The number of phenolic OH excluding ortho intramolecular Hbond substituents is 1. The molecule has 31 heavy (non-hydrogen) atoms. The summed E-state index contributed by atoms with van der Waals surface area (Å²) in [5.74, 6) is 0.0522. The van der Waals surface area contributed by atoms with E-state index in [1.54, 1.807) is 36.4 Å². The zero-order valence-corrected chi connectivity index (χ0v) is 18.9. The molecule has 1 saturated heterocycles. The molecule has 3 aromatic carbocycles. The van der Waals surface area contributed by atoms with Gasteiger partial charge in [-0.05, 0) is 95.5 Å². The van der Waals surface area contributed by atoms with E-state index in [1.807, 2.05) is 30.3 Å². The van der Waals surface area contributed by atoms with Crippen molar-refractivity contribution in [3.05, 3.63) is 87.5 Å². The van der Waals surface area contributed by atoms with Gasteiger partial charge in [0.2, 0.25) is 0 Å². The molecule has 154 valence electrons. The van der Waals surface area contributed by atoms with E-state index < -0.39 is 11.8 Å². The molecule has 0 aromatic heterocycles. The number of thiocarbonyl (C=S) groups is 1. The van der Waals surface area contributed by atoms with E-state index in [2.05, 4.69) is 27.9 Å². The molecule has 2 amide bonds. The van der Waals surface area contributed by atoms with Crippen LogP contribution in [0.2, 0.25) is 0 Å². The first kappa shape index (κ1) is 21.0. The lowest BCUT2D eigenvalue weighted by Crippen LogP contribution is -2.54. The van der Waals surface area contributed by atoms with Crippen LogP contribution in [0.25, 0.3) is 6.08 Å². The summed E-state index contributed by atoms with van der Waals surface area (Å²) in [6.07, 6.45) is 1.36. The number of nitrogens with one attached hydrogen (secondary N) is 1. The smallest absolute Gasteiger partial charge is 0.270 e. The highest BCUT2D eigenvalue weighted by Gasteiger charge is 2.34. The van der Waals surface area contributed by atoms with Gasteiger partial charge in [-0.25, -0.2) is 0 Å². The number of carbonyl (C=O) groups is 2. The number of nitrogens with zero attached hydrogens (tertiary/aromatic N) is 1. The molecule has 3 aromatic rings. The van der Waals surface area contributed by atoms with Gasteiger partial charge in [0.05, 0.1) is 5.69 Å². The quantitative estimate of drug-likeness (QED) is 0.218. The minimum Gasteiger partial charge on any atom is -0.507 e. The average molecular weight is 542 g/mol. The third-order valence-electron chi connectivity index (χ3n) is 4.46. The summed E-state index contributed by atoms with van der Waals surface area (Å²) in [6.45, 7) is 0. The summed E-state index contributed by atoms with van der Waals surface area (Å²) in [7, 11) is 0. The highest BCUT2D eigenvalue weighted by Crippen LogP contribution is 2.28. The number of hydrogen-bond donors (Lipinski definition) is 2. The fraction of sp³-hybridized carbons (Fsp3) is 0. The Morgan fingerprint density at radius 2 is 1.65 bits per heavy atom. The topological polar surface area (TPSA) is 78.9 Å². The molecule has 0 aliphatic carbocycles. The van der Waals surface area contributed by atoms with Crippen LogP contribution >= 0.6 is 34.8 Å². The van der Waals surface area contributed by atoms with Crippen molar-refractivity contribution in [3.8, 4) is 17.2 Å². The Labute approximate surface area is 197 Å². The van der Waals surface area contributed by atoms with Crippen molar-refractivity contribution in [2.24, 2.45) is 0 Å². The molecule has 0 unspecified atom stereocenters. The number of aromatic hydroxyl groups is 1. The molecule has 1 fully saturated rings. The summed E-state index contributed by atoms with van der Waals surface area (Å²) in [5, 5.41) is 12.6. The fourth-order valence-corrected chi connectivity index (χ4v) is 3.77. The maximum atomic E-state index is 13.1. The molecular weight excluding hydrogens is 527 g/mol. The van der Waals surface area contributed by atoms with Gasteiger partial charge in [0.25, 0.3) is 11.8 Å². The highest BCUT2D eigenvalue weighted by atomic mass is 127. The lowest BCUT2D eigenvalue weighted by molar-refractivity contribution is -0.122. The average Bonchev–Trinajstić information content (AvgIpc) is 2.75. The molecule has 6 nitrogen and oxygen atoms in total. The van der Waals surface area contributed by atoms with E-state index in [0.29, 0.717) is 22.7 Å². The van der Waals surface area contributed by atoms with Gasteiger partial charge in [0.15, 0.2) is 5.11 Å². The number of halogens is 1. The largest absolute Gasteiger partial charge is 0.507 e. The molecule has 2 N–H and O–H groups in total. The predicted octanol–water partition coefficient (Wildman–Crippen LogP) is 4.62. The Balaban J connectivity index is 1.62. The normalized spacial score (nSPS) is 15.2. The number of rotatable bonds is 4. The molecule has 0 spiro atoms. The Morgan fingerprint density at radius 3 is 2.35 bits per heavy atom. The van der Waals surface area contributed by atoms with Gasteiger partial charge in [-0.1, -0.05) is 18.2 Å². The third-order valence-corrected chi connectivity index (χ3v) is 5.42. The lowest BCUT2D eigenvalue weighted by Gasteiger charge is -2.29. The minimum absolute atomic E-state index is 0.0178. The first-order valence-electron chi connectivity index (χ1n) is 9.15. The Bertz CT molecular complexity index is 1210. The highest BCUT2D eigenvalue weighted by molar-refractivity contribution is 14.1. The van der Waals surface area contributed by atoms with Crippen molar-refractivity contribution >= 4 is 63.5 Å². The SMILES string of the molecule is O=C1NC(=S)N(c2ccc(Oc3ccccc3)cc2)C(=O)/C1=C/c1cc(I)ccc1O. The number of ether oxygens (including phenoxy) is 1. The zero-order chi connectivity index (χ0) is 22.0. The fourth-order valence-electron chi connectivity index (χ4n) is 2.98. The number of hydrogen-bond acceptors (Lipinski definition) is 5. The molecule has 1 aliphatic heterocycles. The van der Waals surface area contributed by atoms with E-state index in [1.165, 1.54) is 17.0 Å². The Kier molecular flexibility index (Phi) is 6.01. The zero-order valence-electron chi connectivity index (χ0n) is 15.9. The van der Waals surface area contributed by atoms with Crippen molar-refractivity contribution in [1.29, 1.82) is 0 Å². The molecular formula is C23H15IN2O4S. The van der Waals surface area contributed by atoms with Crippen LogP contribution in [0.5, 0.6) is 17.2 Å². The van der Waals surface area contributed by atoms with Crippen molar-refractivity contribution in [2.45, 2.75) is 0 Å². The monoisotopic (exact) mass is 542 g/mol. The molecule has 0 atom stereocenters. The van der Waals surface area contributed by atoms with Crippen LogP contribution in [0.1, 0.15) is 5.56 Å². The van der Waals surface area contributed by atoms with Crippen LogP contribution in [0.15, 0.2) is 78.4 Å². The molecule has 1 heterocycles. The van der Waals surface area contributed by atoms with Gasteiger partial charge in [0.1, 0.15) is 22.8 Å². The maximum Gasteiger partial charge on any atom is 0.270 e. The lowest BCUT2D eigenvalue weighted by atomic mass is 10.1. The van der Waals surface area contributed by atoms with E-state index in [9.17, 15) is 14.7 Å². The molecule has 8 heteroatoms. The van der Waals surface area contributed by atoms with Crippen LogP contribution in [-0.4, -0.2) is 22.0 Å². The molecule has 0 saturated carbocycles. The third kappa shape index (κ3) is 4.59. The summed E-state index contributed by atoms with van der Waals surface area (Å²) in [5.41, 5.74) is 0.716. The van der Waals surface area contributed by atoms with Crippen LogP contribution in [-0.2, 0) is 9.59 Å². The number of para-hydroxylation sites is 1. The second kappa shape index (κ2) is 8.86. The van der Waals surface area contributed by atoms with Gasteiger partial charge in [-0.2, -0.15) is 0 Å². The number of phenols is 1. The van der Waals surface area contributed by atoms with Gasteiger partial charge >= 0.3 is 0 Å². The van der Waals surface area contributed by atoms with Gasteiger partial charge in [-0.3, -0.25) is 19.8 Å². The summed E-state index contributed by atoms with van der Waals surface area (Å²) in [6, 6.07) is 21.0. The first-order chi connectivity index (χ1) is 14.9. The minimum atomic E-state index is -0.617. The summed E-state index contributed by atoms with van der Waals surface area (Å²) in [4.78, 5) is 26.8. The standard InChI is InChI=1S/C23H15IN2O4S/c24-15-6-11-20(27)14(12-15)13-19-21(28)25-23(31)26(22(19)29)16-7-9-18(10-8-16)30-17-4-2-1-3-5-17/h1-13,27H,(H,25,28,31)/b19-13+. The molecule has 0 radical (unpaired) electrons. The Morgan fingerprint density at radius 1 is 0.968 bits per heavy atom. The van der Waals surface area contributed by atoms with E-state index in [0.717, 1.165) is 3.57 Å². The molecule has 0 bridgehead atoms. The van der Waals surface area contributed by atoms with E-state index in [4.69, 9.17) is 17.0 Å². The number of carbonyl (C=O) groups excluding carboxylic acids is 2. The van der Waals surface area contributed by atoms with E-state index in [-0.39, 0.29) is 16.4 Å². The van der Waals surface area contributed by atoms with Gasteiger partial charge < -0.3 is 9.84 Å². The van der Waals surface area contributed by atoms with Crippen LogP contribution in [0, 0.1) is 3.57 Å². The maximum absolute atomic E-state index is 13.1. The van der Waals surface area contributed by atoms with Gasteiger partial charge in [-0.15, -0.1) is 0 Å². The first-order valence-corrected chi connectivity index (χ1v) is 10.6. The summed E-state index contributed by atoms with van der Waals surface area (Å²) < 4.78 is 6.62. The van der Waals surface area contributed by atoms with Crippen molar-refractivity contribution < 1.29 is 19.4 Å². The van der Waals surface area contributed by atoms with Crippen molar-refractivity contribution in [2.75, 3.05) is 4.90 Å².